The molecule has 0 radical (unpaired) electrons. The average molecular weight is 345 g/mol. The average Bonchev–Trinajstić information content (AvgIpc) is 2.99. The molecule has 3 heterocycles. The zero-order valence-electron chi connectivity index (χ0n) is 14.7. The van der Waals surface area contributed by atoms with Gasteiger partial charge in [0.2, 0.25) is 0 Å². The first-order chi connectivity index (χ1) is 11.7. The molecule has 1 saturated heterocycles. The third-order valence-electron chi connectivity index (χ3n) is 5.80. The first kappa shape index (κ1) is 16.3. The molecule has 2 aromatic rings. The second-order valence-electron chi connectivity index (χ2n) is 7.71. The van der Waals surface area contributed by atoms with Crippen LogP contribution in [-0.2, 0) is 13.1 Å². The summed E-state index contributed by atoms with van der Waals surface area (Å²) in [6.45, 7) is 8.85. The molecule has 2 aliphatic rings. The first-order valence-electron chi connectivity index (χ1n) is 9.15. The lowest BCUT2D eigenvalue weighted by atomic mass is 9.93. The van der Waals surface area contributed by atoms with Crippen LogP contribution >= 0.6 is 11.3 Å². The van der Waals surface area contributed by atoms with Crippen molar-refractivity contribution in [3.05, 3.63) is 40.6 Å². The Bertz CT molecular complexity index is 655. The third kappa shape index (κ3) is 3.17. The van der Waals surface area contributed by atoms with Crippen LogP contribution in [-0.4, -0.2) is 33.6 Å². The van der Waals surface area contributed by atoms with E-state index in [1.54, 1.807) is 11.3 Å². The van der Waals surface area contributed by atoms with Crippen LogP contribution in [0.5, 0.6) is 0 Å². The third-order valence-corrected chi connectivity index (χ3v) is 6.53. The molecular formula is C19H28N4S. The summed E-state index contributed by atoms with van der Waals surface area (Å²) in [4.78, 5) is 7.35. The molecule has 2 fully saturated rings. The molecular weight excluding hydrogens is 316 g/mol. The zero-order valence-corrected chi connectivity index (χ0v) is 15.6. The van der Waals surface area contributed by atoms with E-state index in [-0.39, 0.29) is 0 Å². The minimum Gasteiger partial charge on any atom is -0.331 e. The minimum atomic E-state index is 0.470. The van der Waals surface area contributed by atoms with E-state index in [9.17, 15) is 0 Å². The van der Waals surface area contributed by atoms with E-state index in [1.165, 1.54) is 43.7 Å². The smallest absolute Gasteiger partial charge is 0.123 e. The molecule has 0 amide bonds. The van der Waals surface area contributed by atoms with Crippen molar-refractivity contribution < 1.29 is 0 Å². The summed E-state index contributed by atoms with van der Waals surface area (Å²) in [7, 11) is 0. The number of piperidine rings is 1. The lowest BCUT2D eigenvalue weighted by molar-refractivity contribution is 0.181. The molecule has 1 aliphatic heterocycles. The van der Waals surface area contributed by atoms with Gasteiger partial charge >= 0.3 is 0 Å². The topological polar surface area (TPSA) is 33.1 Å². The molecule has 0 aromatic carbocycles. The Morgan fingerprint density at radius 1 is 1.38 bits per heavy atom. The fraction of sp³-hybridized carbons (Fsp3) is 0.632. The van der Waals surface area contributed by atoms with Gasteiger partial charge in [-0.05, 0) is 74.0 Å². The van der Waals surface area contributed by atoms with Crippen molar-refractivity contribution >= 4 is 11.3 Å². The number of hydrogen-bond donors (Lipinski definition) is 1. The molecule has 1 atom stereocenters. The highest BCUT2D eigenvalue weighted by Crippen LogP contribution is 2.56. The second-order valence-corrected chi connectivity index (χ2v) is 8.49. The van der Waals surface area contributed by atoms with Gasteiger partial charge in [-0.2, -0.15) is 11.3 Å². The highest BCUT2D eigenvalue weighted by Gasteiger charge is 2.56. The number of nitrogens with one attached hydrogen (secondary N) is 1. The summed E-state index contributed by atoms with van der Waals surface area (Å²) in [6.07, 6.45) is 8.09. The number of nitrogens with zero attached hydrogens (tertiary/aromatic N) is 3. The lowest BCUT2D eigenvalue weighted by Gasteiger charge is -2.29. The number of aromatic nitrogens is 2. The van der Waals surface area contributed by atoms with E-state index < -0.39 is 0 Å². The predicted molar refractivity (Wildman–Crippen MR) is 99.1 cm³/mol. The molecule has 1 N–H and O–H groups in total. The maximum atomic E-state index is 4.66. The standard InChI is InChI=1S/C19H28N4S/c1-15(2)23-9-8-21-18(23)13-22(12-16-3-10-24-14-16)17-11-19(17)4-6-20-7-5-19/h3,8-10,14-15,17,20H,4-7,11-13H2,1-2H3/t17-/m1/s1. The molecule has 4 rings (SSSR count). The zero-order chi connectivity index (χ0) is 16.6. The Kier molecular flexibility index (Phi) is 4.50. The summed E-state index contributed by atoms with van der Waals surface area (Å²) in [5.74, 6) is 1.20. The van der Waals surface area contributed by atoms with Crippen molar-refractivity contribution in [3.8, 4) is 0 Å². The van der Waals surface area contributed by atoms with Crippen LogP contribution in [0.2, 0.25) is 0 Å². The van der Waals surface area contributed by atoms with Crippen LogP contribution in [0.3, 0.4) is 0 Å². The van der Waals surface area contributed by atoms with Gasteiger partial charge in [0.05, 0.1) is 6.54 Å². The molecule has 130 valence electrons. The predicted octanol–water partition coefficient (Wildman–Crippen LogP) is 3.67. The number of rotatable bonds is 6. The van der Waals surface area contributed by atoms with Crippen LogP contribution in [0.15, 0.2) is 29.2 Å². The van der Waals surface area contributed by atoms with Gasteiger partial charge in [-0.1, -0.05) is 0 Å². The molecule has 0 bridgehead atoms. The summed E-state index contributed by atoms with van der Waals surface area (Å²) in [5, 5.41) is 8.00. The van der Waals surface area contributed by atoms with Gasteiger partial charge in [0.15, 0.2) is 0 Å². The van der Waals surface area contributed by atoms with Crippen LogP contribution in [0.25, 0.3) is 0 Å². The Labute approximate surface area is 148 Å². The van der Waals surface area contributed by atoms with Gasteiger partial charge in [0, 0.05) is 31.0 Å². The lowest BCUT2D eigenvalue weighted by Crippen LogP contribution is -2.36. The van der Waals surface area contributed by atoms with Crippen LogP contribution in [0, 0.1) is 5.41 Å². The second kappa shape index (κ2) is 6.62. The highest BCUT2D eigenvalue weighted by atomic mass is 32.1. The van der Waals surface area contributed by atoms with E-state index in [0.717, 1.165) is 19.1 Å². The highest BCUT2D eigenvalue weighted by molar-refractivity contribution is 7.07. The number of imidazole rings is 1. The first-order valence-corrected chi connectivity index (χ1v) is 10.1. The van der Waals surface area contributed by atoms with E-state index in [0.29, 0.717) is 11.5 Å². The molecule has 24 heavy (non-hydrogen) atoms. The van der Waals surface area contributed by atoms with E-state index in [4.69, 9.17) is 0 Å². The summed E-state index contributed by atoms with van der Waals surface area (Å²) >= 11 is 1.80. The van der Waals surface area contributed by atoms with Gasteiger partial charge in [-0.3, -0.25) is 4.90 Å². The Hall–Kier alpha value is -1.17. The fourth-order valence-corrected chi connectivity index (χ4v) is 4.98. The molecule has 2 aromatic heterocycles. The van der Waals surface area contributed by atoms with Crippen LogP contribution in [0.4, 0.5) is 0 Å². The quantitative estimate of drug-likeness (QED) is 0.868. The van der Waals surface area contributed by atoms with Crippen LogP contribution < -0.4 is 5.32 Å². The minimum absolute atomic E-state index is 0.470. The monoisotopic (exact) mass is 344 g/mol. The largest absolute Gasteiger partial charge is 0.331 e. The van der Waals surface area contributed by atoms with Gasteiger partial charge in [-0.15, -0.1) is 0 Å². The molecule has 0 unspecified atom stereocenters. The van der Waals surface area contributed by atoms with Gasteiger partial charge in [-0.25, -0.2) is 4.98 Å². The maximum Gasteiger partial charge on any atom is 0.123 e. The molecule has 1 saturated carbocycles. The van der Waals surface area contributed by atoms with Crippen molar-refractivity contribution in [2.45, 2.75) is 58.3 Å². The van der Waals surface area contributed by atoms with Gasteiger partial charge in [0.1, 0.15) is 5.82 Å². The summed E-state index contributed by atoms with van der Waals surface area (Å²) < 4.78 is 2.32. The van der Waals surface area contributed by atoms with Crippen molar-refractivity contribution in [3.63, 3.8) is 0 Å². The van der Waals surface area contributed by atoms with E-state index in [1.807, 2.05) is 6.20 Å². The molecule has 1 aliphatic carbocycles. The SMILES string of the molecule is CC(C)n1ccnc1CN(Cc1ccsc1)[C@@H]1CC12CCNCC2. The van der Waals surface area contributed by atoms with Gasteiger partial charge < -0.3 is 9.88 Å². The molecule has 4 nitrogen and oxygen atoms in total. The fourth-order valence-electron chi connectivity index (χ4n) is 4.32. The molecule has 5 heteroatoms. The summed E-state index contributed by atoms with van der Waals surface area (Å²) in [5.41, 5.74) is 2.01. The Morgan fingerprint density at radius 2 is 2.21 bits per heavy atom. The van der Waals surface area contributed by atoms with E-state index in [2.05, 4.69) is 56.6 Å². The van der Waals surface area contributed by atoms with Crippen molar-refractivity contribution in [2.75, 3.05) is 13.1 Å². The van der Waals surface area contributed by atoms with Crippen molar-refractivity contribution in [2.24, 2.45) is 5.41 Å². The number of hydrogen-bond acceptors (Lipinski definition) is 4. The maximum absolute atomic E-state index is 4.66. The van der Waals surface area contributed by atoms with Crippen molar-refractivity contribution in [1.82, 2.24) is 19.8 Å². The van der Waals surface area contributed by atoms with Crippen molar-refractivity contribution in [1.29, 1.82) is 0 Å². The van der Waals surface area contributed by atoms with Crippen LogP contribution in [0.1, 0.15) is 50.5 Å². The Morgan fingerprint density at radius 3 is 2.92 bits per heavy atom. The normalized spacial score (nSPS) is 22.6. The molecule has 1 spiro atoms. The van der Waals surface area contributed by atoms with Gasteiger partial charge in [0.25, 0.3) is 0 Å². The van der Waals surface area contributed by atoms with E-state index >= 15 is 0 Å². The summed E-state index contributed by atoms with van der Waals surface area (Å²) in [6, 6.07) is 3.46. The number of thiophene rings is 1. The Balaban J connectivity index is 1.53.